The van der Waals surface area contributed by atoms with Crippen molar-refractivity contribution in [1.29, 1.82) is 0 Å². The molecule has 19 heavy (non-hydrogen) atoms. The van der Waals surface area contributed by atoms with E-state index in [0.29, 0.717) is 6.04 Å². The van der Waals surface area contributed by atoms with Crippen LogP contribution in [0.4, 0.5) is 0 Å². The molecule has 100 valence electrons. The van der Waals surface area contributed by atoms with Crippen molar-refractivity contribution in [1.82, 2.24) is 9.88 Å². The van der Waals surface area contributed by atoms with E-state index >= 15 is 0 Å². The van der Waals surface area contributed by atoms with Crippen molar-refractivity contribution in [2.45, 2.75) is 38.6 Å². The average Bonchev–Trinajstić information content (AvgIpc) is 2.69. The maximum Gasteiger partial charge on any atom is 0.0461 e. The maximum absolute atomic E-state index is 3.58. The van der Waals surface area contributed by atoms with Gasteiger partial charge in [0.05, 0.1) is 0 Å². The Bertz CT molecular complexity index is 640. The van der Waals surface area contributed by atoms with Gasteiger partial charge in [-0.25, -0.2) is 0 Å². The summed E-state index contributed by atoms with van der Waals surface area (Å²) in [5.74, 6) is 1.53. The molecule has 0 amide bonds. The summed E-state index contributed by atoms with van der Waals surface area (Å²) >= 11 is 0. The summed E-state index contributed by atoms with van der Waals surface area (Å²) < 4.78 is 0. The molecule has 1 fully saturated rings. The van der Waals surface area contributed by atoms with Crippen LogP contribution in [0.15, 0.2) is 18.2 Å². The van der Waals surface area contributed by atoms with Gasteiger partial charge in [0.2, 0.25) is 0 Å². The molecule has 1 aliphatic heterocycles. The zero-order valence-electron chi connectivity index (χ0n) is 12.0. The number of aromatic amines is 1. The predicted octanol–water partition coefficient (Wildman–Crippen LogP) is 3.46. The molecule has 0 saturated carbocycles. The van der Waals surface area contributed by atoms with Crippen LogP contribution in [0, 0.1) is 12.8 Å². The SMILES string of the molecule is Cc1[nH]c2cccc3c2c1C[C@@H]1[C@@H]3CC(C)CN1C. The van der Waals surface area contributed by atoms with E-state index in [0.717, 1.165) is 11.8 Å². The Hall–Kier alpha value is -1.28. The molecule has 0 bridgehead atoms. The molecule has 1 aromatic carbocycles. The van der Waals surface area contributed by atoms with Gasteiger partial charge in [0.1, 0.15) is 0 Å². The molecule has 1 N–H and O–H groups in total. The number of nitrogens with zero attached hydrogens (tertiary/aromatic N) is 1. The molecular weight excluding hydrogens is 232 g/mol. The van der Waals surface area contributed by atoms with E-state index in [4.69, 9.17) is 0 Å². The van der Waals surface area contributed by atoms with Gasteiger partial charge in [-0.1, -0.05) is 19.1 Å². The number of likely N-dealkylation sites (tertiary alicyclic amines) is 1. The number of aryl methyl sites for hydroxylation is 1. The van der Waals surface area contributed by atoms with Gasteiger partial charge >= 0.3 is 0 Å². The minimum Gasteiger partial charge on any atom is -0.358 e. The van der Waals surface area contributed by atoms with Gasteiger partial charge < -0.3 is 9.88 Å². The third-order valence-corrected chi connectivity index (χ3v) is 5.27. The number of aromatic nitrogens is 1. The molecule has 1 aromatic heterocycles. The molecule has 1 saturated heterocycles. The van der Waals surface area contributed by atoms with Crippen LogP contribution in [0.25, 0.3) is 10.9 Å². The number of H-pyrrole nitrogens is 1. The van der Waals surface area contributed by atoms with E-state index in [1.54, 1.807) is 11.1 Å². The van der Waals surface area contributed by atoms with Gasteiger partial charge in [-0.05, 0) is 49.9 Å². The highest BCUT2D eigenvalue weighted by Gasteiger charge is 2.38. The number of nitrogens with one attached hydrogen (secondary N) is 1. The number of fused-ring (bicyclic) bond motifs is 2. The van der Waals surface area contributed by atoms with Crippen molar-refractivity contribution in [3.63, 3.8) is 0 Å². The first-order chi connectivity index (χ1) is 9.15. The lowest BCUT2D eigenvalue weighted by Crippen LogP contribution is -2.47. The number of hydrogen-bond acceptors (Lipinski definition) is 1. The molecule has 1 aliphatic carbocycles. The molecule has 3 atom stereocenters. The Balaban J connectivity index is 1.95. The predicted molar refractivity (Wildman–Crippen MR) is 79.7 cm³/mol. The van der Waals surface area contributed by atoms with Gasteiger partial charge in [-0.2, -0.15) is 0 Å². The molecule has 4 rings (SSSR count). The lowest BCUT2D eigenvalue weighted by atomic mass is 9.72. The Kier molecular flexibility index (Phi) is 2.34. The second kappa shape index (κ2) is 3.86. The first kappa shape index (κ1) is 11.5. The van der Waals surface area contributed by atoms with Crippen molar-refractivity contribution >= 4 is 10.9 Å². The first-order valence-corrected chi connectivity index (χ1v) is 7.45. The molecule has 2 aliphatic rings. The van der Waals surface area contributed by atoms with E-state index in [1.165, 1.54) is 36.0 Å². The van der Waals surface area contributed by atoms with Gasteiger partial charge in [-0.15, -0.1) is 0 Å². The Morgan fingerprint density at radius 1 is 1.32 bits per heavy atom. The largest absolute Gasteiger partial charge is 0.358 e. The van der Waals surface area contributed by atoms with Crippen LogP contribution in [-0.2, 0) is 6.42 Å². The van der Waals surface area contributed by atoms with Crippen molar-refractivity contribution in [2.24, 2.45) is 5.92 Å². The van der Waals surface area contributed by atoms with Gasteiger partial charge in [0.15, 0.2) is 0 Å². The quantitative estimate of drug-likeness (QED) is 0.763. The molecule has 1 unspecified atom stereocenters. The average molecular weight is 254 g/mol. The molecule has 2 heterocycles. The van der Waals surface area contributed by atoms with E-state index in [9.17, 15) is 0 Å². The van der Waals surface area contributed by atoms with E-state index in [2.05, 4.69) is 49.0 Å². The molecule has 0 spiro atoms. The van der Waals surface area contributed by atoms with Crippen LogP contribution in [0.3, 0.4) is 0 Å². The Morgan fingerprint density at radius 3 is 3.00 bits per heavy atom. The molecule has 2 aromatic rings. The fraction of sp³-hybridized carbons (Fsp3) is 0.529. The summed E-state index contributed by atoms with van der Waals surface area (Å²) in [5.41, 5.74) is 5.86. The van der Waals surface area contributed by atoms with Crippen LogP contribution in [0.2, 0.25) is 0 Å². The highest BCUT2D eigenvalue weighted by Crippen LogP contribution is 2.44. The van der Waals surface area contributed by atoms with E-state index in [-0.39, 0.29) is 0 Å². The zero-order chi connectivity index (χ0) is 13.1. The minimum absolute atomic E-state index is 0.698. The third kappa shape index (κ3) is 1.53. The monoisotopic (exact) mass is 254 g/mol. The fourth-order valence-electron chi connectivity index (χ4n) is 4.48. The lowest BCUT2D eigenvalue weighted by molar-refractivity contribution is 0.119. The number of rotatable bonds is 0. The molecule has 2 nitrogen and oxygen atoms in total. The van der Waals surface area contributed by atoms with Gasteiger partial charge in [-0.3, -0.25) is 0 Å². The Labute approximate surface area is 114 Å². The molecule has 2 heteroatoms. The summed E-state index contributed by atoms with van der Waals surface area (Å²) in [6.45, 7) is 5.87. The van der Waals surface area contributed by atoms with Crippen LogP contribution in [0.1, 0.15) is 36.1 Å². The van der Waals surface area contributed by atoms with Crippen molar-refractivity contribution in [2.75, 3.05) is 13.6 Å². The van der Waals surface area contributed by atoms with Crippen molar-refractivity contribution in [3.05, 3.63) is 35.0 Å². The summed E-state index contributed by atoms with van der Waals surface area (Å²) in [7, 11) is 2.31. The summed E-state index contributed by atoms with van der Waals surface area (Å²) in [5, 5.41) is 1.53. The topological polar surface area (TPSA) is 19.0 Å². The standard InChI is InChI=1S/C17H22N2/c1-10-7-14-12-5-4-6-15-17(12)13(11(2)18-15)8-16(14)19(3)9-10/h4-6,10,14,16,18H,7-9H2,1-3H3/t10?,14-,16-/m1/s1. The van der Waals surface area contributed by atoms with Gasteiger partial charge in [0.25, 0.3) is 0 Å². The maximum atomic E-state index is 3.58. The van der Waals surface area contributed by atoms with Crippen LogP contribution >= 0.6 is 0 Å². The molecule has 0 radical (unpaired) electrons. The van der Waals surface area contributed by atoms with E-state index < -0.39 is 0 Å². The number of likely N-dealkylation sites (N-methyl/N-ethyl adjacent to an activating group) is 1. The third-order valence-electron chi connectivity index (χ3n) is 5.27. The number of benzene rings is 1. The minimum atomic E-state index is 0.698. The summed E-state index contributed by atoms with van der Waals surface area (Å²) in [4.78, 5) is 6.17. The number of piperidine rings is 1. The summed E-state index contributed by atoms with van der Waals surface area (Å²) in [6, 6.07) is 7.51. The molecular formula is C17H22N2. The smallest absolute Gasteiger partial charge is 0.0461 e. The van der Waals surface area contributed by atoms with E-state index in [1.807, 2.05) is 0 Å². The fourth-order valence-corrected chi connectivity index (χ4v) is 4.48. The lowest BCUT2D eigenvalue weighted by Gasteiger charge is -2.45. The van der Waals surface area contributed by atoms with Crippen molar-refractivity contribution < 1.29 is 0 Å². The van der Waals surface area contributed by atoms with Crippen LogP contribution in [-0.4, -0.2) is 29.5 Å². The van der Waals surface area contributed by atoms with Gasteiger partial charge in [0, 0.05) is 35.1 Å². The normalized spacial score (nSPS) is 30.6. The second-order valence-corrected chi connectivity index (χ2v) is 6.66. The van der Waals surface area contributed by atoms with Crippen molar-refractivity contribution in [3.8, 4) is 0 Å². The Morgan fingerprint density at radius 2 is 2.16 bits per heavy atom. The van der Waals surface area contributed by atoms with Crippen LogP contribution in [0.5, 0.6) is 0 Å². The van der Waals surface area contributed by atoms with Crippen LogP contribution < -0.4 is 0 Å². The zero-order valence-corrected chi connectivity index (χ0v) is 12.0. The first-order valence-electron chi connectivity index (χ1n) is 7.45. The number of hydrogen-bond donors (Lipinski definition) is 1. The second-order valence-electron chi connectivity index (χ2n) is 6.66. The highest BCUT2D eigenvalue weighted by atomic mass is 15.1. The highest BCUT2D eigenvalue weighted by molar-refractivity contribution is 5.89. The summed E-state index contributed by atoms with van der Waals surface area (Å²) in [6.07, 6.45) is 2.56.